The van der Waals surface area contributed by atoms with Crippen molar-refractivity contribution in [2.45, 2.75) is 19.4 Å². The highest BCUT2D eigenvalue weighted by Gasteiger charge is 2.45. The molecular weight excluding hydrogens is 402 g/mol. The van der Waals surface area contributed by atoms with Gasteiger partial charge in [0.25, 0.3) is 11.8 Å². The van der Waals surface area contributed by atoms with Crippen LogP contribution in [0.1, 0.15) is 13.8 Å². The van der Waals surface area contributed by atoms with Crippen molar-refractivity contribution in [1.29, 1.82) is 0 Å². The minimum atomic E-state index is -1.08. The molecule has 1 aliphatic heterocycles. The molecule has 0 bridgehead atoms. The van der Waals surface area contributed by atoms with Crippen molar-refractivity contribution in [1.82, 2.24) is 10.2 Å². The van der Waals surface area contributed by atoms with Crippen LogP contribution in [0.3, 0.4) is 0 Å². The zero-order valence-corrected chi connectivity index (χ0v) is 17.0. The summed E-state index contributed by atoms with van der Waals surface area (Å²) in [6, 6.07) is 15.2. The van der Waals surface area contributed by atoms with Crippen LogP contribution in [0.4, 0.5) is 21.9 Å². The Labute approximate surface area is 178 Å². The molecule has 0 saturated carbocycles. The summed E-state index contributed by atoms with van der Waals surface area (Å²) in [7, 11) is 0. The van der Waals surface area contributed by atoms with E-state index >= 15 is 0 Å². The van der Waals surface area contributed by atoms with Gasteiger partial charge in [-0.1, -0.05) is 18.2 Å². The Morgan fingerprint density at radius 3 is 2.19 bits per heavy atom. The zero-order valence-electron chi connectivity index (χ0n) is 17.0. The maximum Gasteiger partial charge on any atom is 0.326 e. The van der Waals surface area contributed by atoms with Gasteiger partial charge in [0.15, 0.2) is 6.61 Å². The van der Waals surface area contributed by atoms with E-state index in [4.69, 9.17) is 4.74 Å². The van der Waals surface area contributed by atoms with Crippen LogP contribution in [-0.4, -0.2) is 47.4 Å². The molecule has 0 radical (unpaired) electrons. The van der Waals surface area contributed by atoms with Gasteiger partial charge < -0.3 is 15.4 Å². The van der Waals surface area contributed by atoms with E-state index in [2.05, 4.69) is 20.9 Å². The monoisotopic (exact) mass is 423 g/mol. The van der Waals surface area contributed by atoms with Crippen LogP contribution in [-0.2, 0) is 19.1 Å². The molecule has 2 aromatic carbocycles. The van der Waals surface area contributed by atoms with Gasteiger partial charge in [-0.15, -0.1) is 0 Å². The van der Waals surface area contributed by atoms with Crippen LogP contribution < -0.4 is 10.6 Å². The van der Waals surface area contributed by atoms with Crippen LogP contribution in [0.15, 0.2) is 64.8 Å². The molecule has 0 spiro atoms. The Hall–Kier alpha value is -4.08. The maximum atomic E-state index is 12.0. The topological polar surface area (TPSA) is 130 Å². The number of azo groups is 1. The number of imide groups is 1. The lowest BCUT2D eigenvalue weighted by molar-refractivity contribution is -0.150. The van der Waals surface area contributed by atoms with Crippen LogP contribution in [0.2, 0.25) is 0 Å². The van der Waals surface area contributed by atoms with E-state index in [1.165, 1.54) is 13.8 Å². The third-order valence-electron chi connectivity index (χ3n) is 4.28. The van der Waals surface area contributed by atoms with E-state index in [0.29, 0.717) is 11.4 Å². The predicted molar refractivity (Wildman–Crippen MR) is 111 cm³/mol. The summed E-state index contributed by atoms with van der Waals surface area (Å²) in [4.78, 5) is 48.4. The SMILES string of the molecule is CC1(C)NC(=O)N(CC(=O)OCC(=O)Nc2ccc(N=Nc3ccccc3)cc2)C1=O. The number of anilines is 1. The van der Waals surface area contributed by atoms with Gasteiger partial charge in [-0.25, -0.2) is 4.79 Å². The summed E-state index contributed by atoms with van der Waals surface area (Å²) in [5, 5.41) is 13.2. The summed E-state index contributed by atoms with van der Waals surface area (Å²) >= 11 is 0. The number of carbonyl (C=O) groups is 4. The van der Waals surface area contributed by atoms with Crippen LogP contribution in [0.25, 0.3) is 0 Å². The van der Waals surface area contributed by atoms with Gasteiger partial charge in [-0.2, -0.15) is 10.2 Å². The normalized spacial score (nSPS) is 15.1. The molecule has 1 aliphatic rings. The number of hydrogen-bond acceptors (Lipinski definition) is 7. The number of benzene rings is 2. The molecule has 2 aromatic rings. The minimum absolute atomic E-state index is 0.482. The average Bonchev–Trinajstić information content (AvgIpc) is 2.94. The van der Waals surface area contributed by atoms with E-state index in [-0.39, 0.29) is 0 Å². The summed E-state index contributed by atoms with van der Waals surface area (Å²) in [5.74, 6) is -1.97. The van der Waals surface area contributed by atoms with Crippen molar-refractivity contribution in [2.75, 3.05) is 18.5 Å². The molecule has 2 N–H and O–H groups in total. The molecule has 3 rings (SSSR count). The molecule has 10 heteroatoms. The van der Waals surface area contributed by atoms with Gasteiger partial charge in [-0.3, -0.25) is 19.3 Å². The predicted octanol–water partition coefficient (Wildman–Crippen LogP) is 2.91. The van der Waals surface area contributed by atoms with Gasteiger partial charge >= 0.3 is 12.0 Å². The third kappa shape index (κ3) is 5.72. The lowest BCUT2D eigenvalue weighted by Crippen LogP contribution is -2.41. The van der Waals surface area contributed by atoms with Crippen LogP contribution in [0.5, 0.6) is 0 Å². The van der Waals surface area contributed by atoms with Crippen molar-refractivity contribution < 1.29 is 23.9 Å². The fraction of sp³-hybridized carbons (Fsp3) is 0.238. The Morgan fingerprint density at radius 2 is 1.61 bits per heavy atom. The van der Waals surface area contributed by atoms with E-state index in [0.717, 1.165) is 10.6 Å². The number of nitrogens with one attached hydrogen (secondary N) is 2. The van der Waals surface area contributed by atoms with Gasteiger partial charge in [-0.05, 0) is 50.2 Å². The van der Waals surface area contributed by atoms with Crippen LogP contribution >= 0.6 is 0 Å². The number of esters is 1. The highest BCUT2D eigenvalue weighted by Crippen LogP contribution is 2.20. The van der Waals surface area contributed by atoms with Gasteiger partial charge in [0.1, 0.15) is 12.1 Å². The fourth-order valence-corrected chi connectivity index (χ4v) is 2.70. The molecule has 10 nitrogen and oxygen atoms in total. The van der Waals surface area contributed by atoms with Crippen LogP contribution in [0, 0.1) is 0 Å². The molecule has 1 heterocycles. The molecule has 0 aliphatic carbocycles. The number of urea groups is 1. The second kappa shape index (κ2) is 9.16. The van der Waals surface area contributed by atoms with Gasteiger partial charge in [0, 0.05) is 5.69 Å². The van der Waals surface area contributed by atoms with Crippen molar-refractivity contribution in [2.24, 2.45) is 10.2 Å². The van der Waals surface area contributed by atoms with Crippen molar-refractivity contribution in [3.05, 3.63) is 54.6 Å². The molecule has 4 amide bonds. The quantitative estimate of drug-likeness (QED) is 0.402. The van der Waals surface area contributed by atoms with E-state index < -0.39 is 42.5 Å². The molecule has 1 saturated heterocycles. The van der Waals surface area contributed by atoms with E-state index in [1.807, 2.05) is 30.3 Å². The fourth-order valence-electron chi connectivity index (χ4n) is 2.70. The number of ether oxygens (including phenoxy) is 1. The first-order valence-electron chi connectivity index (χ1n) is 9.41. The lowest BCUT2D eigenvalue weighted by Gasteiger charge is -2.15. The largest absolute Gasteiger partial charge is 0.454 e. The molecular formula is C21H21N5O5. The van der Waals surface area contributed by atoms with E-state index in [1.54, 1.807) is 24.3 Å². The Bertz CT molecular complexity index is 1020. The standard InChI is InChI=1S/C21H21N5O5/c1-21(2)19(29)26(20(30)23-21)12-18(28)31-13-17(27)22-14-8-10-16(11-9-14)25-24-15-6-4-3-5-7-15/h3-11H,12-13H2,1-2H3,(H,22,27)(H,23,30). The first-order valence-corrected chi connectivity index (χ1v) is 9.41. The molecule has 1 fully saturated rings. The number of nitrogens with zero attached hydrogens (tertiary/aromatic N) is 3. The zero-order chi connectivity index (χ0) is 22.4. The Kier molecular flexibility index (Phi) is 6.39. The first kappa shape index (κ1) is 21.6. The number of hydrogen-bond donors (Lipinski definition) is 2. The maximum absolute atomic E-state index is 12.0. The minimum Gasteiger partial charge on any atom is -0.454 e. The van der Waals surface area contributed by atoms with Gasteiger partial charge in [0.2, 0.25) is 0 Å². The lowest BCUT2D eigenvalue weighted by atomic mass is 10.1. The summed E-state index contributed by atoms with van der Waals surface area (Å²) < 4.78 is 4.86. The molecule has 0 unspecified atom stereocenters. The third-order valence-corrected chi connectivity index (χ3v) is 4.28. The van der Waals surface area contributed by atoms with E-state index in [9.17, 15) is 19.2 Å². The summed E-state index contributed by atoms with van der Waals surface area (Å²) in [6.07, 6.45) is 0. The number of rotatable bonds is 7. The molecule has 31 heavy (non-hydrogen) atoms. The summed E-state index contributed by atoms with van der Waals surface area (Å²) in [6.45, 7) is 1.94. The molecule has 0 aromatic heterocycles. The number of amides is 4. The second-order valence-corrected chi connectivity index (χ2v) is 7.24. The highest BCUT2D eigenvalue weighted by atomic mass is 16.5. The van der Waals surface area contributed by atoms with Crippen molar-refractivity contribution >= 4 is 40.9 Å². The van der Waals surface area contributed by atoms with Gasteiger partial charge in [0.05, 0.1) is 11.4 Å². The van der Waals surface area contributed by atoms with Crippen molar-refractivity contribution in [3.8, 4) is 0 Å². The molecule has 0 atom stereocenters. The Morgan fingerprint density at radius 1 is 1.00 bits per heavy atom. The average molecular weight is 423 g/mol. The Balaban J connectivity index is 1.45. The second-order valence-electron chi connectivity index (χ2n) is 7.24. The summed E-state index contributed by atoms with van der Waals surface area (Å²) in [5.41, 5.74) is 0.723. The highest BCUT2D eigenvalue weighted by molar-refractivity contribution is 6.08. The number of carbonyl (C=O) groups excluding carboxylic acids is 4. The van der Waals surface area contributed by atoms with Crippen molar-refractivity contribution in [3.63, 3.8) is 0 Å². The first-order chi connectivity index (χ1) is 14.7. The smallest absolute Gasteiger partial charge is 0.326 e. The molecule has 160 valence electrons.